The van der Waals surface area contributed by atoms with Crippen molar-refractivity contribution in [3.63, 3.8) is 0 Å². The summed E-state index contributed by atoms with van der Waals surface area (Å²) in [5.41, 5.74) is 14.5. The van der Waals surface area contributed by atoms with Crippen LogP contribution in [0.2, 0.25) is 0 Å². The van der Waals surface area contributed by atoms with E-state index in [0.717, 1.165) is 17.5 Å². The summed E-state index contributed by atoms with van der Waals surface area (Å²) >= 11 is 1.63. The van der Waals surface area contributed by atoms with Crippen LogP contribution in [0.3, 0.4) is 0 Å². The van der Waals surface area contributed by atoms with Gasteiger partial charge in [-0.2, -0.15) is 24.5 Å². The number of halogens is 3. The lowest BCUT2D eigenvalue weighted by atomic mass is 10.0. The van der Waals surface area contributed by atoms with Gasteiger partial charge in [-0.25, -0.2) is 9.78 Å². The van der Waals surface area contributed by atoms with Gasteiger partial charge < -0.3 is 31.6 Å². The summed E-state index contributed by atoms with van der Waals surface area (Å²) in [5.74, 6) is -2.50. The number of benzene rings is 1. The predicted octanol–water partition coefficient (Wildman–Crippen LogP) is 2.49. The standard InChI is InChI=1S/C21H29N5O2S.C2HF3O2/c1-26-18-7-3-2-6-16(18)24-20(26)19(27)17(9-8-14-10-12-29-13-14)25-21(28)15(23)5-4-11-22;3-2(4,5)1(6)7/h2-3,6-7,10,12-13,15,17,19,27H,4-5,8-9,11,22-23H2,1H3,(H,25,28);(H,6,7)/t15-,17-,19?;/m1./s1. The van der Waals surface area contributed by atoms with Crippen LogP contribution in [0.25, 0.3) is 11.0 Å². The second-order valence-corrected chi connectivity index (χ2v) is 8.87. The number of imidazole rings is 1. The number of aliphatic hydroxyl groups is 1. The van der Waals surface area contributed by atoms with E-state index in [4.69, 9.17) is 21.4 Å². The Labute approximate surface area is 209 Å². The number of hydrogen-bond donors (Lipinski definition) is 5. The zero-order valence-electron chi connectivity index (χ0n) is 19.6. The monoisotopic (exact) mass is 529 g/mol. The molecular weight excluding hydrogens is 499 g/mol. The lowest BCUT2D eigenvalue weighted by Gasteiger charge is -2.25. The van der Waals surface area contributed by atoms with Crippen molar-refractivity contribution in [2.45, 2.75) is 50.0 Å². The van der Waals surface area contributed by atoms with E-state index in [2.05, 4.69) is 21.7 Å². The normalized spacial score (nSPS) is 14.0. The molecule has 7 N–H and O–H groups in total. The Bertz CT molecular complexity index is 1120. The number of nitrogens with one attached hydrogen (secondary N) is 1. The molecule has 0 spiro atoms. The molecule has 0 saturated carbocycles. The number of aromatic nitrogens is 2. The topological polar surface area (TPSA) is 156 Å². The molecule has 0 radical (unpaired) electrons. The van der Waals surface area contributed by atoms with Crippen molar-refractivity contribution in [3.8, 4) is 0 Å². The molecule has 3 atom stereocenters. The van der Waals surface area contributed by atoms with Crippen molar-refractivity contribution in [2.24, 2.45) is 18.5 Å². The number of fused-ring (bicyclic) bond motifs is 1. The fourth-order valence-corrected chi connectivity index (χ4v) is 4.14. The highest BCUT2D eigenvalue weighted by Gasteiger charge is 2.38. The Balaban J connectivity index is 0.000000572. The van der Waals surface area contributed by atoms with E-state index < -0.39 is 30.3 Å². The van der Waals surface area contributed by atoms with Crippen LogP contribution in [0, 0.1) is 0 Å². The zero-order chi connectivity index (χ0) is 26.9. The number of carboxylic acids is 1. The van der Waals surface area contributed by atoms with Crippen LogP contribution in [0.1, 0.15) is 36.8 Å². The minimum Gasteiger partial charge on any atom is -0.475 e. The molecule has 3 rings (SSSR count). The SMILES string of the molecule is Cn1c(C(O)[C@@H](CCc2ccsc2)NC(=O)[C@H](N)CCCN)nc2ccccc21.O=C(O)C(F)(F)F. The summed E-state index contributed by atoms with van der Waals surface area (Å²) in [4.78, 5) is 26.1. The van der Waals surface area contributed by atoms with E-state index in [0.29, 0.717) is 31.6 Å². The van der Waals surface area contributed by atoms with Crippen molar-refractivity contribution in [1.82, 2.24) is 14.9 Å². The Hall–Kier alpha value is -3.00. The quantitative estimate of drug-likeness (QED) is 0.270. The van der Waals surface area contributed by atoms with Gasteiger partial charge >= 0.3 is 12.1 Å². The number of carbonyl (C=O) groups excluding carboxylic acids is 1. The third kappa shape index (κ3) is 8.29. The van der Waals surface area contributed by atoms with Gasteiger partial charge in [-0.15, -0.1) is 0 Å². The summed E-state index contributed by atoms with van der Waals surface area (Å²) in [6, 6.07) is 8.63. The number of carbonyl (C=O) groups is 2. The highest BCUT2D eigenvalue weighted by Crippen LogP contribution is 2.24. The zero-order valence-corrected chi connectivity index (χ0v) is 20.4. The van der Waals surface area contributed by atoms with E-state index in [-0.39, 0.29) is 5.91 Å². The summed E-state index contributed by atoms with van der Waals surface area (Å²) < 4.78 is 33.6. The van der Waals surface area contributed by atoms with Crippen LogP contribution in [-0.2, 0) is 23.1 Å². The lowest BCUT2D eigenvalue weighted by Crippen LogP contribution is -2.48. The Kier molecular flexibility index (Phi) is 10.8. The van der Waals surface area contributed by atoms with Gasteiger partial charge in [0.05, 0.1) is 23.1 Å². The van der Waals surface area contributed by atoms with Crippen molar-refractivity contribution in [3.05, 3.63) is 52.5 Å². The van der Waals surface area contributed by atoms with E-state index in [1.807, 2.05) is 41.3 Å². The maximum absolute atomic E-state index is 12.6. The smallest absolute Gasteiger partial charge is 0.475 e. The second-order valence-electron chi connectivity index (χ2n) is 8.09. The van der Waals surface area contributed by atoms with Crippen LogP contribution in [0.5, 0.6) is 0 Å². The molecule has 1 unspecified atom stereocenters. The van der Waals surface area contributed by atoms with Gasteiger partial charge in [0.1, 0.15) is 11.9 Å². The van der Waals surface area contributed by atoms with Gasteiger partial charge in [0.25, 0.3) is 0 Å². The number of alkyl halides is 3. The summed E-state index contributed by atoms with van der Waals surface area (Å²) in [6.07, 6.45) is -3.51. The van der Waals surface area contributed by atoms with Crippen molar-refractivity contribution in [2.75, 3.05) is 6.54 Å². The molecule has 36 heavy (non-hydrogen) atoms. The third-order valence-corrected chi connectivity index (χ3v) is 6.15. The molecular formula is C23H30F3N5O4S. The Morgan fingerprint density at radius 1 is 1.22 bits per heavy atom. The minimum atomic E-state index is -5.08. The molecule has 0 saturated heterocycles. The second kappa shape index (κ2) is 13.3. The molecule has 2 heterocycles. The average Bonchev–Trinajstić information content (AvgIpc) is 3.47. The van der Waals surface area contributed by atoms with Crippen LogP contribution in [-0.4, -0.2) is 56.4 Å². The molecule has 0 aliphatic heterocycles. The number of thiophene rings is 1. The average molecular weight is 530 g/mol. The minimum absolute atomic E-state index is 0.272. The van der Waals surface area contributed by atoms with E-state index in [1.165, 1.54) is 5.56 Å². The third-order valence-electron chi connectivity index (χ3n) is 5.42. The highest BCUT2D eigenvalue weighted by atomic mass is 32.1. The lowest BCUT2D eigenvalue weighted by molar-refractivity contribution is -0.192. The van der Waals surface area contributed by atoms with Gasteiger partial charge in [0.2, 0.25) is 5.91 Å². The van der Waals surface area contributed by atoms with Gasteiger partial charge in [-0.05, 0) is 66.8 Å². The molecule has 9 nitrogen and oxygen atoms in total. The van der Waals surface area contributed by atoms with Gasteiger partial charge in [-0.1, -0.05) is 12.1 Å². The Morgan fingerprint density at radius 2 is 1.89 bits per heavy atom. The molecule has 1 amide bonds. The number of hydrogen-bond acceptors (Lipinski definition) is 7. The number of carboxylic acid groups (broad SMARTS) is 1. The number of aryl methyl sites for hydroxylation is 2. The molecule has 3 aromatic rings. The van der Waals surface area contributed by atoms with Gasteiger partial charge in [0.15, 0.2) is 0 Å². The number of nitrogens with two attached hydrogens (primary N) is 2. The maximum atomic E-state index is 12.6. The first-order chi connectivity index (χ1) is 17.0. The summed E-state index contributed by atoms with van der Waals surface area (Å²) in [6.45, 7) is 0.491. The number of para-hydroxylation sites is 2. The van der Waals surface area contributed by atoms with E-state index in [1.54, 1.807) is 11.3 Å². The van der Waals surface area contributed by atoms with Crippen LogP contribution >= 0.6 is 11.3 Å². The van der Waals surface area contributed by atoms with Crippen LogP contribution in [0.4, 0.5) is 13.2 Å². The van der Waals surface area contributed by atoms with E-state index in [9.17, 15) is 23.1 Å². The van der Waals surface area contributed by atoms with Crippen LogP contribution in [0.15, 0.2) is 41.1 Å². The summed E-state index contributed by atoms with van der Waals surface area (Å²) in [5, 5.41) is 25.3. The highest BCUT2D eigenvalue weighted by molar-refractivity contribution is 7.07. The molecule has 0 aliphatic carbocycles. The molecule has 0 bridgehead atoms. The number of amides is 1. The predicted molar refractivity (Wildman–Crippen MR) is 130 cm³/mol. The van der Waals surface area contributed by atoms with Crippen molar-refractivity contribution in [1.29, 1.82) is 0 Å². The fraction of sp³-hybridized carbons (Fsp3) is 0.435. The first-order valence-corrected chi connectivity index (χ1v) is 12.1. The first-order valence-electron chi connectivity index (χ1n) is 11.1. The number of aliphatic carboxylic acids is 1. The first kappa shape index (κ1) is 29.2. The molecule has 1 aromatic carbocycles. The molecule has 198 valence electrons. The number of rotatable bonds is 10. The van der Waals surface area contributed by atoms with E-state index >= 15 is 0 Å². The van der Waals surface area contributed by atoms with Crippen LogP contribution < -0.4 is 16.8 Å². The maximum Gasteiger partial charge on any atom is 0.490 e. The summed E-state index contributed by atoms with van der Waals surface area (Å²) in [7, 11) is 1.87. The Morgan fingerprint density at radius 3 is 2.44 bits per heavy atom. The van der Waals surface area contributed by atoms with Gasteiger partial charge in [0, 0.05) is 7.05 Å². The molecule has 13 heteroatoms. The molecule has 2 aromatic heterocycles. The number of aliphatic hydroxyl groups excluding tert-OH is 1. The van der Waals surface area contributed by atoms with Crippen molar-refractivity contribution < 1.29 is 33.0 Å². The fourth-order valence-electron chi connectivity index (χ4n) is 3.43. The van der Waals surface area contributed by atoms with Crippen molar-refractivity contribution >= 4 is 34.2 Å². The van der Waals surface area contributed by atoms with Gasteiger partial charge in [-0.3, -0.25) is 4.79 Å². The largest absolute Gasteiger partial charge is 0.490 e. The molecule has 0 aliphatic rings. The number of nitrogens with zero attached hydrogens (tertiary/aromatic N) is 2. The molecule has 0 fully saturated rings.